The molecule has 0 rings (SSSR count). The van der Waals surface area contributed by atoms with E-state index in [4.69, 9.17) is 0 Å². The van der Waals surface area contributed by atoms with Crippen LogP contribution in [0.15, 0.2) is 0 Å². The fourth-order valence-electron chi connectivity index (χ4n) is 0. The maximum Gasteiger partial charge on any atom is 2.00 e. The topological polar surface area (TPSA) is 0 Å². The van der Waals surface area contributed by atoms with Crippen molar-refractivity contribution in [3.8, 4) is 0 Å². The molecule has 0 saturated carbocycles. The smallest absolute Gasteiger partial charge is 1.00 e. The summed E-state index contributed by atoms with van der Waals surface area (Å²) in [6.45, 7) is 0. The first-order chi connectivity index (χ1) is 0. The quantitative estimate of drug-likeness (QED) is 0.385. The van der Waals surface area contributed by atoms with E-state index in [0.717, 1.165) is 0 Å². The van der Waals surface area contributed by atoms with Gasteiger partial charge in [-0.3, -0.25) is 0 Å². The van der Waals surface area contributed by atoms with E-state index < -0.39 is 0 Å². The largest absolute Gasteiger partial charge is 2.00 e. The second-order valence-corrected chi connectivity index (χ2v) is 0. The zero-order valence-electron chi connectivity index (χ0n) is 3.41. The molecule has 0 radical (unpaired) electrons. The molecular formula is H9AlSiSrZn. The van der Waals surface area contributed by atoms with Crippen LogP contribution in [0.4, 0.5) is 0 Å². The summed E-state index contributed by atoms with van der Waals surface area (Å²) in [6, 6.07) is 0. The van der Waals surface area contributed by atoms with Crippen LogP contribution in [0.5, 0.6) is 0 Å². The van der Waals surface area contributed by atoms with Crippen molar-refractivity contribution < 1.29 is 22.3 Å². The summed E-state index contributed by atoms with van der Waals surface area (Å²) in [7, 11) is 0. The van der Waals surface area contributed by atoms with Crippen LogP contribution in [-0.2, 0) is 19.5 Å². The average Bonchev–Trinajstić information content (AvgIpc) is 0. The van der Waals surface area contributed by atoms with Gasteiger partial charge in [0.05, 0.1) is 0 Å². The van der Waals surface area contributed by atoms with Crippen molar-refractivity contribution in [2.75, 3.05) is 0 Å². The minimum absolute atomic E-state index is 0. The van der Waals surface area contributed by atoms with E-state index in [0.29, 0.717) is 0 Å². The molecule has 0 aliphatic heterocycles. The summed E-state index contributed by atoms with van der Waals surface area (Å²) in [4.78, 5) is 0. The van der Waals surface area contributed by atoms with Gasteiger partial charge < -0.3 is 2.85 Å². The summed E-state index contributed by atoms with van der Waals surface area (Å²) in [5, 5.41) is 0. The summed E-state index contributed by atoms with van der Waals surface area (Å²) < 4.78 is 0. The fourth-order valence-corrected chi connectivity index (χ4v) is 0. The first-order valence-electron chi connectivity index (χ1n) is 0. The molecule has 0 aromatic rings. The van der Waals surface area contributed by atoms with Crippen LogP contribution < -0.4 is 0 Å². The van der Waals surface area contributed by atoms with Gasteiger partial charge in [0.15, 0.2) is 17.4 Å². The zero-order chi connectivity index (χ0) is 0. The molecule has 0 fully saturated rings. The third-order valence-corrected chi connectivity index (χ3v) is 0. The summed E-state index contributed by atoms with van der Waals surface area (Å²) in [5.74, 6) is 0. The van der Waals surface area contributed by atoms with Crippen molar-refractivity contribution in [1.29, 1.82) is 0 Å². The second kappa shape index (κ2) is 16.9. The SMILES string of the molecule is [AlH3].[H-].[H-].[SiH4].[Sr+2].[Zn]. The van der Waals surface area contributed by atoms with Crippen molar-refractivity contribution in [1.82, 2.24) is 0 Å². The zero-order valence-corrected chi connectivity index (χ0v) is 7.86. The molecule has 20 valence electrons. The molecule has 0 aromatic heterocycles. The van der Waals surface area contributed by atoms with E-state index >= 15 is 0 Å². The number of hydrogen-bond donors (Lipinski definition) is 0. The Morgan fingerprint density at radius 1 is 1.25 bits per heavy atom. The summed E-state index contributed by atoms with van der Waals surface area (Å²) in [6.07, 6.45) is 0. The minimum atomic E-state index is 0. The van der Waals surface area contributed by atoms with Gasteiger partial charge in [0.1, 0.15) is 0 Å². The molecule has 4 heavy (non-hydrogen) atoms. The standard InChI is InChI=1S/Al.H4Si.Sr.Zn.5H/h;1H4;;;;;;;/q;;+2;;;;;2*-1. The summed E-state index contributed by atoms with van der Waals surface area (Å²) >= 11 is 0. The van der Waals surface area contributed by atoms with Gasteiger partial charge in [-0.05, 0) is 11.0 Å². The Labute approximate surface area is 94.3 Å². The van der Waals surface area contributed by atoms with Gasteiger partial charge >= 0.3 is 45.5 Å². The van der Waals surface area contributed by atoms with E-state index in [1.807, 2.05) is 0 Å². The van der Waals surface area contributed by atoms with E-state index in [1.165, 1.54) is 0 Å². The first-order valence-corrected chi connectivity index (χ1v) is 0. The number of hydrogen-bond acceptors (Lipinski definition) is 0. The van der Waals surface area contributed by atoms with Crippen molar-refractivity contribution in [2.45, 2.75) is 0 Å². The van der Waals surface area contributed by atoms with Crippen LogP contribution in [0.2, 0.25) is 0 Å². The van der Waals surface area contributed by atoms with Gasteiger partial charge in [0.25, 0.3) is 0 Å². The Hall–Kier alpha value is 2.85. The molecule has 0 saturated heterocycles. The maximum atomic E-state index is 0. The molecular weight excluding hydrogens is 208 g/mol. The third kappa shape index (κ3) is 8.85. The van der Waals surface area contributed by atoms with Crippen LogP contribution in [-0.4, -0.2) is 73.8 Å². The van der Waals surface area contributed by atoms with E-state index in [1.54, 1.807) is 0 Å². The predicted molar refractivity (Wildman–Crippen MR) is 29.3 cm³/mol. The molecule has 0 spiro atoms. The second-order valence-electron chi connectivity index (χ2n) is 0. The maximum absolute atomic E-state index is 0. The van der Waals surface area contributed by atoms with Crippen LogP contribution in [0.3, 0.4) is 0 Å². The van der Waals surface area contributed by atoms with E-state index in [2.05, 4.69) is 0 Å². The molecule has 0 bridgehead atoms. The Morgan fingerprint density at radius 3 is 1.25 bits per heavy atom. The third-order valence-electron chi connectivity index (χ3n) is 0. The van der Waals surface area contributed by atoms with E-state index in [9.17, 15) is 0 Å². The van der Waals surface area contributed by atoms with Gasteiger partial charge in [0, 0.05) is 19.5 Å². The Balaban J connectivity index is 0. The van der Waals surface area contributed by atoms with Crippen LogP contribution in [0.1, 0.15) is 2.85 Å². The number of rotatable bonds is 0. The van der Waals surface area contributed by atoms with Crippen molar-refractivity contribution in [3.63, 3.8) is 0 Å². The molecule has 4 heteroatoms. The molecule has 0 aliphatic rings. The van der Waals surface area contributed by atoms with Gasteiger partial charge in [-0.25, -0.2) is 0 Å². The van der Waals surface area contributed by atoms with Crippen LogP contribution >= 0.6 is 0 Å². The van der Waals surface area contributed by atoms with Crippen LogP contribution in [0.25, 0.3) is 0 Å². The molecule has 0 unspecified atom stereocenters. The molecule has 0 aromatic carbocycles. The normalized spacial score (nSPS) is 0. The molecule has 0 heterocycles. The van der Waals surface area contributed by atoms with Crippen molar-refractivity contribution in [2.24, 2.45) is 0 Å². The molecule has 0 atom stereocenters. The Morgan fingerprint density at radius 2 is 1.25 bits per heavy atom. The van der Waals surface area contributed by atoms with Gasteiger partial charge in [-0.2, -0.15) is 0 Å². The van der Waals surface area contributed by atoms with Gasteiger partial charge in [0.2, 0.25) is 0 Å². The predicted octanol–water partition coefficient (Wildman–Crippen LogP) is -2.79. The van der Waals surface area contributed by atoms with Crippen molar-refractivity contribution in [3.05, 3.63) is 0 Å². The van der Waals surface area contributed by atoms with Crippen molar-refractivity contribution >= 4 is 73.8 Å². The first kappa shape index (κ1) is 28.8. The summed E-state index contributed by atoms with van der Waals surface area (Å²) in [5.41, 5.74) is 0. The molecule has 0 aliphatic carbocycles. The van der Waals surface area contributed by atoms with Gasteiger partial charge in [-0.15, -0.1) is 0 Å². The monoisotopic (exact) mass is 216 g/mol. The average molecular weight is 217 g/mol. The van der Waals surface area contributed by atoms with E-state index in [-0.39, 0.29) is 96.1 Å². The fraction of sp³-hybridized carbons (Fsp3) is 0. The minimum Gasteiger partial charge on any atom is -1.00 e. The van der Waals surface area contributed by atoms with Gasteiger partial charge in [-0.1, -0.05) is 0 Å². The molecule has 0 N–H and O–H groups in total. The molecule has 0 amide bonds. The van der Waals surface area contributed by atoms with Crippen LogP contribution in [0, 0.1) is 0 Å². The Kier molecular flexibility index (Phi) is 122. The Bertz CT molecular complexity index is 13.5. The molecule has 0 nitrogen and oxygen atoms in total.